The van der Waals surface area contributed by atoms with Crippen molar-refractivity contribution in [1.82, 2.24) is 9.97 Å². The Morgan fingerprint density at radius 3 is 2.31 bits per heavy atom. The minimum Gasteiger partial charge on any atom is -0.305 e. The summed E-state index contributed by atoms with van der Waals surface area (Å²) in [5.41, 5.74) is 11.1. The largest absolute Gasteiger partial charge is 0.305 e. The number of aryl methyl sites for hydroxylation is 1. The molecule has 5 heteroatoms. The van der Waals surface area contributed by atoms with Gasteiger partial charge in [0.2, 0.25) is 0 Å². The third-order valence-electron chi connectivity index (χ3n) is 10.7. The number of nitrogens with zero attached hydrogens (tertiary/aromatic N) is 2. The maximum absolute atomic E-state index is 4.75. The summed E-state index contributed by atoms with van der Waals surface area (Å²) in [6.07, 6.45) is 13.2. The van der Waals surface area contributed by atoms with Gasteiger partial charge in [0, 0.05) is 37.2 Å². The SMILES string of the molecule is CC(C)c1ccc2c(c1)sc1c(-c3cc(CC4CCCCC4)ccn3)[c-]ccc12.Cc1c[c-]c(-c2cc(Cc3ccccc3)c([Si](C)(C)C)cn2)cc1.[Ir]. The van der Waals surface area contributed by atoms with Gasteiger partial charge in [0.15, 0.2) is 0 Å². The van der Waals surface area contributed by atoms with Crippen LogP contribution in [0.25, 0.3) is 42.7 Å². The zero-order valence-electron chi connectivity index (χ0n) is 32.6. The summed E-state index contributed by atoms with van der Waals surface area (Å²) in [5.74, 6) is 1.39. The molecule has 1 saturated carbocycles. The van der Waals surface area contributed by atoms with Gasteiger partial charge >= 0.3 is 0 Å². The van der Waals surface area contributed by atoms with Gasteiger partial charge in [-0.3, -0.25) is 0 Å². The fourth-order valence-electron chi connectivity index (χ4n) is 7.71. The molecule has 1 fully saturated rings. The Kier molecular flexibility index (Phi) is 13.2. The first-order valence-corrected chi connectivity index (χ1v) is 23.8. The molecule has 7 aromatic rings. The predicted molar refractivity (Wildman–Crippen MR) is 231 cm³/mol. The molecule has 0 unspecified atom stereocenters. The van der Waals surface area contributed by atoms with Crippen LogP contribution in [0.4, 0.5) is 0 Å². The van der Waals surface area contributed by atoms with Crippen LogP contribution in [0.3, 0.4) is 0 Å². The van der Waals surface area contributed by atoms with Crippen LogP contribution in [0.2, 0.25) is 19.6 Å². The third-order valence-corrected chi connectivity index (χ3v) is 14.0. The van der Waals surface area contributed by atoms with Gasteiger partial charge in [-0.25, -0.2) is 0 Å². The number of benzene rings is 4. The molecule has 0 N–H and O–H groups in total. The second-order valence-corrected chi connectivity index (χ2v) is 22.4. The van der Waals surface area contributed by atoms with Crippen molar-refractivity contribution < 1.29 is 20.1 Å². The van der Waals surface area contributed by atoms with Crippen molar-refractivity contribution >= 4 is 44.8 Å². The molecule has 3 heterocycles. The maximum Gasteiger partial charge on any atom is 0.0799 e. The molecular formula is C49H52IrN2SSi-2. The van der Waals surface area contributed by atoms with E-state index in [1.54, 1.807) is 0 Å². The summed E-state index contributed by atoms with van der Waals surface area (Å²) in [6.45, 7) is 13.8. The number of hydrogen-bond acceptors (Lipinski definition) is 3. The molecule has 2 nitrogen and oxygen atoms in total. The van der Waals surface area contributed by atoms with Crippen molar-refractivity contribution in [2.45, 2.75) is 91.3 Å². The monoisotopic (exact) mass is 921 g/mol. The average Bonchev–Trinajstić information content (AvgIpc) is 3.54. The van der Waals surface area contributed by atoms with Crippen LogP contribution < -0.4 is 5.19 Å². The average molecular weight is 921 g/mol. The number of rotatable bonds is 8. The van der Waals surface area contributed by atoms with Gasteiger partial charge in [-0.2, -0.15) is 11.3 Å². The zero-order valence-corrected chi connectivity index (χ0v) is 36.8. The van der Waals surface area contributed by atoms with Crippen molar-refractivity contribution in [3.05, 3.63) is 149 Å². The predicted octanol–water partition coefficient (Wildman–Crippen LogP) is 13.2. The van der Waals surface area contributed by atoms with E-state index in [0.29, 0.717) is 5.92 Å². The Hall–Kier alpha value is -3.73. The Bertz CT molecular complexity index is 2300. The number of fused-ring (bicyclic) bond motifs is 3. The number of thiophene rings is 1. The topological polar surface area (TPSA) is 25.8 Å². The summed E-state index contributed by atoms with van der Waals surface area (Å²) in [6, 6.07) is 41.8. The van der Waals surface area contributed by atoms with Gasteiger partial charge in [0.25, 0.3) is 0 Å². The fraction of sp³-hybridized carbons (Fsp3) is 0.306. The van der Waals surface area contributed by atoms with Gasteiger partial charge < -0.3 is 9.97 Å². The number of aromatic nitrogens is 2. The minimum atomic E-state index is -1.44. The second-order valence-electron chi connectivity index (χ2n) is 16.3. The molecule has 54 heavy (non-hydrogen) atoms. The smallest absolute Gasteiger partial charge is 0.0799 e. The second kappa shape index (κ2) is 17.8. The standard InChI is InChI=1S/C27H28NS.C22H24NSi.Ir/c1-18(2)21-11-12-22-23-9-6-10-24(27(23)29-26(22)17-21)25-16-20(13-14-28-25)15-19-7-4-3-5-8-19;1-17-10-12-19(13-11-17)21-15-20(14-18-8-6-5-7-9-18)22(16-23-21)24(2,3)4;/h6,9,11-14,16-19H,3-5,7-8,15H2,1-2H3;5-12,15-16H,14H2,1-4H3;/q2*-1;. The normalized spacial score (nSPS) is 13.5. The molecule has 0 saturated heterocycles. The van der Waals surface area contributed by atoms with Gasteiger partial charge in [-0.1, -0.05) is 144 Å². The van der Waals surface area contributed by atoms with Crippen molar-refractivity contribution in [3.8, 4) is 22.5 Å². The van der Waals surface area contributed by atoms with Crippen LogP contribution >= 0.6 is 11.3 Å². The summed E-state index contributed by atoms with van der Waals surface area (Å²) >= 11 is 1.88. The van der Waals surface area contributed by atoms with E-state index >= 15 is 0 Å². The molecule has 279 valence electrons. The first-order valence-electron chi connectivity index (χ1n) is 19.5. The quantitative estimate of drug-likeness (QED) is 0.112. The molecule has 0 spiro atoms. The summed E-state index contributed by atoms with van der Waals surface area (Å²) < 4.78 is 2.68. The molecule has 8 rings (SSSR count). The Balaban J connectivity index is 0.000000184. The molecule has 0 amide bonds. The van der Waals surface area contributed by atoms with E-state index in [1.807, 2.05) is 23.6 Å². The first kappa shape index (κ1) is 39.9. The van der Waals surface area contributed by atoms with Crippen LogP contribution in [0, 0.1) is 25.0 Å². The van der Waals surface area contributed by atoms with Crippen LogP contribution in [0.5, 0.6) is 0 Å². The van der Waals surface area contributed by atoms with Crippen molar-refractivity contribution in [2.75, 3.05) is 0 Å². The molecule has 4 aromatic carbocycles. The molecule has 1 radical (unpaired) electrons. The molecule has 3 aromatic heterocycles. The van der Waals surface area contributed by atoms with E-state index < -0.39 is 8.07 Å². The Morgan fingerprint density at radius 2 is 1.59 bits per heavy atom. The molecule has 0 aliphatic heterocycles. The minimum absolute atomic E-state index is 0. The van der Waals surface area contributed by atoms with Gasteiger partial charge in [0.1, 0.15) is 0 Å². The van der Waals surface area contributed by atoms with Gasteiger partial charge in [-0.05, 0) is 74.6 Å². The van der Waals surface area contributed by atoms with E-state index in [4.69, 9.17) is 9.97 Å². The van der Waals surface area contributed by atoms with Crippen LogP contribution in [-0.2, 0) is 32.9 Å². The van der Waals surface area contributed by atoms with Gasteiger partial charge in [-0.15, -0.1) is 59.2 Å². The summed E-state index contributed by atoms with van der Waals surface area (Å²) in [7, 11) is -1.44. The maximum atomic E-state index is 4.75. The molecule has 0 bridgehead atoms. The van der Waals surface area contributed by atoms with Crippen LogP contribution in [0.1, 0.15) is 79.7 Å². The molecular weight excluding hydrogens is 869 g/mol. The van der Waals surface area contributed by atoms with E-state index in [0.717, 1.165) is 34.9 Å². The van der Waals surface area contributed by atoms with E-state index in [9.17, 15) is 0 Å². The number of pyridine rings is 2. The first-order chi connectivity index (χ1) is 25.6. The zero-order chi connectivity index (χ0) is 37.0. The summed E-state index contributed by atoms with van der Waals surface area (Å²) in [5, 5.41) is 4.12. The van der Waals surface area contributed by atoms with E-state index in [-0.39, 0.29) is 20.1 Å². The Morgan fingerprint density at radius 1 is 0.796 bits per heavy atom. The third kappa shape index (κ3) is 9.55. The van der Waals surface area contributed by atoms with E-state index in [2.05, 4.69) is 150 Å². The molecule has 1 aliphatic rings. The summed E-state index contributed by atoms with van der Waals surface area (Å²) in [4.78, 5) is 9.50. The number of hydrogen-bond donors (Lipinski definition) is 0. The van der Waals surface area contributed by atoms with Crippen LogP contribution in [0.15, 0.2) is 109 Å². The molecule has 0 atom stereocenters. The van der Waals surface area contributed by atoms with Crippen molar-refractivity contribution in [1.29, 1.82) is 0 Å². The molecule has 1 aliphatic carbocycles. The van der Waals surface area contributed by atoms with Crippen LogP contribution in [-0.4, -0.2) is 18.0 Å². The Labute approximate surface area is 341 Å². The van der Waals surface area contributed by atoms with Gasteiger partial charge in [0.05, 0.1) is 8.07 Å². The van der Waals surface area contributed by atoms with E-state index in [1.165, 1.54) is 91.7 Å². The van der Waals surface area contributed by atoms with Crippen molar-refractivity contribution in [2.24, 2.45) is 5.92 Å². The fourth-order valence-corrected chi connectivity index (χ4v) is 10.5. The van der Waals surface area contributed by atoms with Crippen molar-refractivity contribution in [3.63, 3.8) is 0 Å².